The van der Waals surface area contributed by atoms with Gasteiger partial charge in [-0.2, -0.15) is 0 Å². The minimum Gasteiger partial charge on any atom is -0.289 e. The van der Waals surface area contributed by atoms with Crippen molar-refractivity contribution in [2.75, 3.05) is 0 Å². The lowest BCUT2D eigenvalue weighted by molar-refractivity contribution is -0.112. The smallest absolute Gasteiger partial charge is 0.189 e. The predicted molar refractivity (Wildman–Crippen MR) is 117 cm³/mol. The SMILES string of the molecule is C=C/C=C(\C=C/C(C)C=C)/C=C1\CCC(/C=C\C)=C(/C=C\C)C1=O.CC. The molecule has 0 aromatic rings. The molecule has 0 aromatic carbocycles. The normalized spacial score (nSPS) is 18.6. The molecule has 0 N–H and O–H groups in total. The number of carbonyl (C=O) groups is 1. The van der Waals surface area contributed by atoms with Crippen LogP contribution in [0.5, 0.6) is 0 Å². The van der Waals surface area contributed by atoms with Crippen LogP contribution in [0.1, 0.15) is 47.5 Å². The van der Waals surface area contributed by atoms with Crippen molar-refractivity contribution in [3.8, 4) is 0 Å². The highest BCUT2D eigenvalue weighted by atomic mass is 16.1. The second kappa shape index (κ2) is 13.8. The zero-order chi connectivity index (χ0) is 19.9. The van der Waals surface area contributed by atoms with Gasteiger partial charge in [0.15, 0.2) is 5.78 Å². The predicted octanol–water partition coefficient (Wildman–Crippen LogP) is 7.24. The summed E-state index contributed by atoms with van der Waals surface area (Å²) >= 11 is 0. The van der Waals surface area contributed by atoms with Crippen LogP contribution in [-0.4, -0.2) is 5.78 Å². The standard InChI is InChI=1S/C23H28O.C2H6/c1-6-10-19(14-13-18(5)9-4)17-21-16-15-20(11-7-2)22(12-8-3)23(21)24;1-2/h6-14,17-18H,1,4,15-16H2,2-3,5H3;1-2H3/b11-7-,12-8-,14-13-,19-10+,21-17+;. The van der Waals surface area contributed by atoms with Crippen molar-refractivity contribution in [3.63, 3.8) is 0 Å². The van der Waals surface area contributed by atoms with E-state index in [0.717, 1.165) is 35.1 Å². The van der Waals surface area contributed by atoms with Crippen LogP contribution in [0.3, 0.4) is 0 Å². The minimum absolute atomic E-state index is 0.118. The maximum atomic E-state index is 12.8. The second-order valence-electron chi connectivity index (χ2n) is 5.79. The van der Waals surface area contributed by atoms with Gasteiger partial charge in [-0.3, -0.25) is 4.79 Å². The van der Waals surface area contributed by atoms with Gasteiger partial charge in [0.05, 0.1) is 0 Å². The first-order valence-electron chi connectivity index (χ1n) is 9.44. The fraction of sp³-hybridized carbons (Fsp3) is 0.320. The Kier molecular flexibility index (Phi) is 12.6. The summed E-state index contributed by atoms with van der Waals surface area (Å²) in [5.74, 6) is 0.408. The van der Waals surface area contributed by atoms with Crippen LogP contribution < -0.4 is 0 Å². The van der Waals surface area contributed by atoms with E-state index in [1.165, 1.54) is 0 Å². The van der Waals surface area contributed by atoms with Gasteiger partial charge in [-0.05, 0) is 49.8 Å². The van der Waals surface area contributed by atoms with Crippen LogP contribution in [-0.2, 0) is 4.79 Å². The van der Waals surface area contributed by atoms with Crippen molar-refractivity contribution >= 4 is 5.78 Å². The summed E-state index contributed by atoms with van der Waals surface area (Å²) in [6.07, 6.45) is 21.1. The molecule has 0 aromatic heterocycles. The monoisotopic (exact) mass is 350 g/mol. The second-order valence-corrected chi connectivity index (χ2v) is 5.79. The molecule has 1 unspecified atom stereocenters. The minimum atomic E-state index is 0.118. The van der Waals surface area contributed by atoms with Gasteiger partial charge in [-0.1, -0.05) is 82.0 Å². The van der Waals surface area contributed by atoms with Crippen molar-refractivity contribution in [1.82, 2.24) is 0 Å². The summed E-state index contributed by atoms with van der Waals surface area (Å²) in [4.78, 5) is 12.8. The van der Waals surface area contributed by atoms with E-state index in [2.05, 4.69) is 26.2 Å². The van der Waals surface area contributed by atoms with Gasteiger partial charge in [0.25, 0.3) is 0 Å². The van der Waals surface area contributed by atoms with E-state index in [1.54, 1.807) is 6.08 Å². The fourth-order valence-electron chi connectivity index (χ4n) is 2.53. The summed E-state index contributed by atoms with van der Waals surface area (Å²) in [6, 6.07) is 0. The van der Waals surface area contributed by atoms with E-state index in [0.29, 0.717) is 5.92 Å². The molecule has 140 valence electrons. The quantitative estimate of drug-likeness (QED) is 0.269. The molecule has 0 spiro atoms. The average Bonchev–Trinajstić information content (AvgIpc) is 2.66. The van der Waals surface area contributed by atoms with E-state index in [-0.39, 0.29) is 5.78 Å². The Bertz CT molecular complexity index is 660. The lowest BCUT2D eigenvalue weighted by Crippen LogP contribution is -2.13. The van der Waals surface area contributed by atoms with Crippen LogP contribution in [0.2, 0.25) is 0 Å². The van der Waals surface area contributed by atoms with E-state index < -0.39 is 0 Å². The lowest BCUT2D eigenvalue weighted by Gasteiger charge is -2.18. The number of Topliss-reactive ketones (excluding diaryl/α,β-unsaturated/α-hetero) is 1. The van der Waals surface area contributed by atoms with Crippen LogP contribution in [0.4, 0.5) is 0 Å². The van der Waals surface area contributed by atoms with Gasteiger partial charge in [-0.25, -0.2) is 0 Å². The highest BCUT2D eigenvalue weighted by Gasteiger charge is 2.21. The number of hydrogen-bond donors (Lipinski definition) is 0. The third kappa shape index (κ3) is 7.65. The Morgan fingerprint density at radius 1 is 1.08 bits per heavy atom. The highest BCUT2D eigenvalue weighted by molar-refractivity contribution is 6.12. The third-order valence-electron chi connectivity index (χ3n) is 3.86. The maximum absolute atomic E-state index is 12.8. The number of allylic oxidation sites excluding steroid dienone is 14. The molecule has 1 aliphatic rings. The Labute approximate surface area is 160 Å². The summed E-state index contributed by atoms with van der Waals surface area (Å²) in [7, 11) is 0. The first-order chi connectivity index (χ1) is 12.6. The van der Waals surface area contributed by atoms with E-state index in [4.69, 9.17) is 0 Å². The molecule has 0 saturated carbocycles. The molecule has 1 nitrogen and oxygen atoms in total. The van der Waals surface area contributed by atoms with E-state index >= 15 is 0 Å². The first kappa shape index (κ1) is 23.6. The van der Waals surface area contributed by atoms with Crippen molar-refractivity contribution in [1.29, 1.82) is 0 Å². The van der Waals surface area contributed by atoms with Crippen molar-refractivity contribution in [3.05, 3.63) is 96.2 Å². The first-order valence-corrected chi connectivity index (χ1v) is 9.44. The molecule has 0 radical (unpaired) electrons. The lowest BCUT2D eigenvalue weighted by atomic mass is 9.85. The highest BCUT2D eigenvalue weighted by Crippen LogP contribution is 2.29. The van der Waals surface area contributed by atoms with Crippen molar-refractivity contribution in [2.45, 2.75) is 47.5 Å². The van der Waals surface area contributed by atoms with Crippen LogP contribution >= 0.6 is 0 Å². The largest absolute Gasteiger partial charge is 0.289 e. The number of ketones is 1. The summed E-state index contributed by atoms with van der Waals surface area (Å²) < 4.78 is 0. The van der Waals surface area contributed by atoms with Gasteiger partial charge < -0.3 is 0 Å². The van der Waals surface area contributed by atoms with Crippen molar-refractivity contribution < 1.29 is 4.79 Å². The zero-order valence-corrected chi connectivity index (χ0v) is 17.1. The molecule has 1 aliphatic carbocycles. The Morgan fingerprint density at radius 2 is 1.73 bits per heavy atom. The summed E-state index contributed by atoms with van der Waals surface area (Å²) in [5, 5.41) is 0. The molecule has 0 fully saturated rings. The molecule has 0 heterocycles. The Hall–Kier alpha value is -2.41. The van der Waals surface area contributed by atoms with Gasteiger partial charge in [-0.15, -0.1) is 6.58 Å². The Morgan fingerprint density at radius 3 is 2.27 bits per heavy atom. The molecule has 1 heteroatoms. The van der Waals surface area contributed by atoms with Gasteiger partial charge in [0.2, 0.25) is 0 Å². The molecule has 1 rings (SSSR count). The number of rotatable bonds is 7. The molecule has 0 saturated heterocycles. The fourth-order valence-corrected chi connectivity index (χ4v) is 2.53. The molecular weight excluding hydrogens is 316 g/mol. The molecular formula is C25H34O. The van der Waals surface area contributed by atoms with Gasteiger partial charge in [0.1, 0.15) is 0 Å². The Balaban J connectivity index is 0.00000301. The van der Waals surface area contributed by atoms with Gasteiger partial charge in [0, 0.05) is 11.1 Å². The number of hydrogen-bond acceptors (Lipinski definition) is 1. The molecule has 1 atom stereocenters. The molecule has 0 bridgehead atoms. The van der Waals surface area contributed by atoms with Crippen LogP contribution in [0, 0.1) is 5.92 Å². The van der Waals surface area contributed by atoms with Crippen molar-refractivity contribution in [2.24, 2.45) is 5.92 Å². The maximum Gasteiger partial charge on any atom is 0.189 e. The van der Waals surface area contributed by atoms with Gasteiger partial charge >= 0.3 is 0 Å². The zero-order valence-electron chi connectivity index (χ0n) is 17.1. The van der Waals surface area contributed by atoms with Crippen LogP contribution in [0.15, 0.2) is 96.2 Å². The summed E-state index contributed by atoms with van der Waals surface area (Å²) in [5.41, 5.74) is 3.74. The third-order valence-corrected chi connectivity index (χ3v) is 3.86. The molecule has 26 heavy (non-hydrogen) atoms. The van der Waals surface area contributed by atoms with Crippen LogP contribution in [0.25, 0.3) is 0 Å². The van der Waals surface area contributed by atoms with E-state index in [9.17, 15) is 4.79 Å². The topological polar surface area (TPSA) is 17.1 Å². The average molecular weight is 351 g/mol. The summed E-state index contributed by atoms with van der Waals surface area (Å²) in [6.45, 7) is 17.5. The molecule has 0 amide bonds. The number of carbonyl (C=O) groups excluding carboxylic acids is 1. The van der Waals surface area contributed by atoms with E-state index in [1.807, 2.05) is 76.3 Å². The molecule has 0 aliphatic heterocycles.